The van der Waals surface area contributed by atoms with Crippen molar-refractivity contribution in [2.45, 2.75) is 52.5 Å². The number of carbonyl (C=O) groups excluding carboxylic acids is 2. The van der Waals surface area contributed by atoms with Crippen molar-refractivity contribution in [2.24, 2.45) is 10.4 Å². The standard InChI is InChI=1S/C24H32N4O2/c1-8-17-18(9-2)26-22(30)24(17)12-13-28(14-24)21(29)19(15(3)4)16(5)20(25-7)27-23(6)10-11-23/h8-9,27H,1-2,7,10-14H2,3-6H3,(H,26,30)/b20-16-. The van der Waals surface area contributed by atoms with E-state index in [1.54, 1.807) is 17.1 Å². The van der Waals surface area contributed by atoms with Gasteiger partial charge in [0.2, 0.25) is 5.91 Å². The van der Waals surface area contributed by atoms with Crippen molar-refractivity contribution in [3.63, 3.8) is 0 Å². The van der Waals surface area contributed by atoms with Gasteiger partial charge in [-0.3, -0.25) is 9.59 Å². The van der Waals surface area contributed by atoms with E-state index in [0.717, 1.165) is 29.6 Å². The maximum Gasteiger partial charge on any atom is 0.254 e. The van der Waals surface area contributed by atoms with E-state index in [2.05, 4.69) is 42.4 Å². The monoisotopic (exact) mass is 408 g/mol. The summed E-state index contributed by atoms with van der Waals surface area (Å²) in [5, 5.41) is 6.32. The Balaban J connectivity index is 1.92. The maximum atomic E-state index is 13.6. The minimum absolute atomic E-state index is 0.0258. The Bertz CT molecular complexity index is 929. The first-order valence-corrected chi connectivity index (χ1v) is 10.4. The fraction of sp³-hybridized carbons (Fsp3) is 0.458. The average molecular weight is 409 g/mol. The fourth-order valence-corrected chi connectivity index (χ4v) is 4.42. The van der Waals surface area contributed by atoms with Crippen LogP contribution in [0.15, 0.2) is 64.1 Å². The Morgan fingerprint density at radius 1 is 1.20 bits per heavy atom. The van der Waals surface area contributed by atoms with Crippen molar-refractivity contribution < 1.29 is 9.59 Å². The van der Waals surface area contributed by atoms with Crippen molar-refractivity contribution in [3.05, 3.63) is 59.1 Å². The van der Waals surface area contributed by atoms with Crippen LogP contribution in [0.4, 0.5) is 0 Å². The molecule has 1 aliphatic carbocycles. The molecular weight excluding hydrogens is 376 g/mol. The van der Waals surface area contributed by atoms with E-state index in [0.29, 0.717) is 36.6 Å². The molecule has 30 heavy (non-hydrogen) atoms. The summed E-state index contributed by atoms with van der Waals surface area (Å²) < 4.78 is 0. The molecule has 2 fully saturated rings. The average Bonchev–Trinajstić information content (AvgIpc) is 3.16. The summed E-state index contributed by atoms with van der Waals surface area (Å²) in [6, 6.07) is 0. The zero-order valence-corrected chi connectivity index (χ0v) is 18.5. The normalized spacial score (nSPS) is 24.9. The number of likely N-dealkylation sites (tertiary alicyclic amines) is 1. The molecule has 1 spiro atoms. The van der Waals surface area contributed by atoms with Gasteiger partial charge >= 0.3 is 0 Å². The van der Waals surface area contributed by atoms with Crippen LogP contribution in [0.5, 0.6) is 0 Å². The van der Waals surface area contributed by atoms with Gasteiger partial charge in [-0.25, -0.2) is 4.99 Å². The van der Waals surface area contributed by atoms with Crippen LogP contribution in [0.25, 0.3) is 0 Å². The van der Waals surface area contributed by atoms with E-state index in [1.807, 2.05) is 20.8 Å². The van der Waals surface area contributed by atoms with Crippen LogP contribution in [0, 0.1) is 5.41 Å². The van der Waals surface area contributed by atoms with Crippen molar-refractivity contribution in [1.29, 1.82) is 0 Å². The van der Waals surface area contributed by atoms with Gasteiger partial charge in [0.15, 0.2) is 0 Å². The fourth-order valence-electron chi connectivity index (χ4n) is 4.42. The summed E-state index contributed by atoms with van der Waals surface area (Å²) in [6.07, 6.45) is 6.04. The van der Waals surface area contributed by atoms with Gasteiger partial charge in [-0.15, -0.1) is 0 Å². The van der Waals surface area contributed by atoms with Gasteiger partial charge in [0.25, 0.3) is 5.91 Å². The van der Waals surface area contributed by atoms with Crippen LogP contribution in [0.2, 0.25) is 0 Å². The molecule has 1 saturated heterocycles. The van der Waals surface area contributed by atoms with E-state index in [9.17, 15) is 9.59 Å². The Kier molecular flexibility index (Phi) is 5.63. The molecule has 0 aromatic carbocycles. The first kappa shape index (κ1) is 21.8. The van der Waals surface area contributed by atoms with Crippen LogP contribution in [-0.2, 0) is 9.59 Å². The van der Waals surface area contributed by atoms with Gasteiger partial charge in [-0.05, 0) is 65.3 Å². The number of nitrogens with zero attached hydrogens (tertiary/aromatic N) is 2. The summed E-state index contributed by atoms with van der Waals surface area (Å²) in [7, 11) is 0. The van der Waals surface area contributed by atoms with Gasteiger partial charge in [-0.1, -0.05) is 24.8 Å². The van der Waals surface area contributed by atoms with Crippen LogP contribution in [0.1, 0.15) is 47.0 Å². The quantitative estimate of drug-likeness (QED) is 0.385. The van der Waals surface area contributed by atoms with E-state index in [4.69, 9.17) is 0 Å². The molecule has 1 atom stereocenters. The smallest absolute Gasteiger partial charge is 0.254 e. The number of hydrogen-bond acceptors (Lipinski definition) is 4. The van der Waals surface area contributed by atoms with E-state index >= 15 is 0 Å². The molecule has 1 unspecified atom stereocenters. The second-order valence-corrected chi connectivity index (χ2v) is 8.94. The highest BCUT2D eigenvalue weighted by atomic mass is 16.2. The van der Waals surface area contributed by atoms with Crippen molar-refractivity contribution in [3.8, 4) is 0 Å². The summed E-state index contributed by atoms with van der Waals surface area (Å²) in [6.45, 7) is 20.1. The molecule has 2 aliphatic heterocycles. The first-order chi connectivity index (χ1) is 14.1. The highest BCUT2D eigenvalue weighted by Gasteiger charge is 2.52. The Morgan fingerprint density at radius 3 is 2.37 bits per heavy atom. The number of rotatable bonds is 7. The second-order valence-electron chi connectivity index (χ2n) is 8.94. The van der Waals surface area contributed by atoms with Gasteiger partial charge in [0.05, 0.1) is 5.41 Å². The van der Waals surface area contributed by atoms with Crippen molar-refractivity contribution in [2.75, 3.05) is 13.1 Å². The van der Waals surface area contributed by atoms with Crippen LogP contribution in [-0.4, -0.2) is 42.1 Å². The van der Waals surface area contributed by atoms with Crippen molar-refractivity contribution >= 4 is 18.5 Å². The zero-order chi connectivity index (χ0) is 22.3. The van der Waals surface area contributed by atoms with Gasteiger partial charge in [0, 0.05) is 35.5 Å². The molecule has 6 heteroatoms. The summed E-state index contributed by atoms with van der Waals surface area (Å²) in [5.41, 5.74) is 3.08. The largest absolute Gasteiger partial charge is 0.365 e. The molecule has 0 bridgehead atoms. The van der Waals surface area contributed by atoms with Crippen molar-refractivity contribution in [1.82, 2.24) is 15.5 Å². The number of nitrogens with one attached hydrogen (secondary N) is 2. The predicted octanol–water partition coefficient (Wildman–Crippen LogP) is 3.37. The molecule has 3 aliphatic rings. The summed E-state index contributed by atoms with van der Waals surface area (Å²) in [4.78, 5) is 32.3. The topological polar surface area (TPSA) is 73.8 Å². The molecule has 2 amide bonds. The number of aliphatic imine (C=N–C) groups is 1. The molecule has 0 aromatic rings. The lowest BCUT2D eigenvalue weighted by Gasteiger charge is -2.25. The molecule has 2 N–H and O–H groups in total. The van der Waals surface area contributed by atoms with E-state index < -0.39 is 5.41 Å². The molecule has 0 radical (unpaired) electrons. The molecule has 2 heterocycles. The third-order valence-electron chi connectivity index (χ3n) is 6.48. The SMILES string of the molecule is C=CC1=C(C=C)C2(CCN(C(=O)C(=C(C)C)/C(C)=C(/N=C)NC3(C)CC3)C2)C(=O)N1. The maximum absolute atomic E-state index is 13.6. The Hall–Kier alpha value is -2.89. The van der Waals surface area contributed by atoms with E-state index in [1.165, 1.54) is 0 Å². The number of amides is 2. The zero-order valence-electron chi connectivity index (χ0n) is 18.5. The Labute approximate surface area is 179 Å². The van der Waals surface area contributed by atoms with Crippen LogP contribution < -0.4 is 10.6 Å². The molecule has 0 aromatic heterocycles. The minimum atomic E-state index is -0.759. The molecule has 3 rings (SSSR count). The first-order valence-electron chi connectivity index (χ1n) is 10.4. The van der Waals surface area contributed by atoms with Crippen LogP contribution in [0.3, 0.4) is 0 Å². The van der Waals surface area contributed by atoms with Gasteiger partial charge in [-0.2, -0.15) is 0 Å². The Morgan fingerprint density at radius 2 is 1.87 bits per heavy atom. The highest BCUT2D eigenvalue weighted by Crippen LogP contribution is 2.44. The lowest BCUT2D eigenvalue weighted by Crippen LogP contribution is -2.39. The molecule has 160 valence electrons. The lowest BCUT2D eigenvalue weighted by molar-refractivity contribution is -0.128. The van der Waals surface area contributed by atoms with Gasteiger partial charge < -0.3 is 15.5 Å². The van der Waals surface area contributed by atoms with Gasteiger partial charge in [0.1, 0.15) is 5.82 Å². The molecule has 6 nitrogen and oxygen atoms in total. The third-order valence-corrected chi connectivity index (χ3v) is 6.48. The predicted molar refractivity (Wildman–Crippen MR) is 121 cm³/mol. The second kappa shape index (κ2) is 7.74. The number of carbonyl (C=O) groups is 2. The third kappa shape index (κ3) is 3.55. The number of hydrogen-bond donors (Lipinski definition) is 2. The number of allylic oxidation sites excluding steroid dienone is 3. The molecule has 1 saturated carbocycles. The van der Waals surface area contributed by atoms with Crippen LogP contribution >= 0.6 is 0 Å². The minimum Gasteiger partial charge on any atom is -0.365 e. The summed E-state index contributed by atoms with van der Waals surface area (Å²) >= 11 is 0. The summed E-state index contributed by atoms with van der Waals surface area (Å²) in [5.74, 6) is 0.467. The highest BCUT2D eigenvalue weighted by molar-refractivity contribution is 6.00. The van der Waals surface area contributed by atoms with E-state index in [-0.39, 0.29) is 17.4 Å². The lowest BCUT2D eigenvalue weighted by atomic mass is 9.80. The molecular formula is C24H32N4O2.